The van der Waals surface area contributed by atoms with Crippen LogP contribution in [-0.4, -0.2) is 37.0 Å². The van der Waals surface area contributed by atoms with Crippen molar-refractivity contribution in [1.29, 1.82) is 0 Å². The van der Waals surface area contributed by atoms with E-state index in [1.807, 2.05) is 20.0 Å². The Kier molecular flexibility index (Phi) is 4.59. The Balaban J connectivity index is 1.96. The van der Waals surface area contributed by atoms with E-state index in [2.05, 4.69) is 32.3 Å². The molecular formula is C13H19BrN2O2. The van der Waals surface area contributed by atoms with Crippen LogP contribution in [0.15, 0.2) is 16.9 Å². The Bertz CT molecular complexity index is 414. The van der Waals surface area contributed by atoms with Crippen LogP contribution in [0.25, 0.3) is 0 Å². The first-order valence-corrected chi connectivity index (χ1v) is 6.98. The summed E-state index contributed by atoms with van der Waals surface area (Å²) >= 11 is 3.40. The molecule has 1 aliphatic carbocycles. The Morgan fingerprint density at radius 3 is 2.94 bits per heavy atom. The van der Waals surface area contributed by atoms with Gasteiger partial charge >= 0.3 is 0 Å². The summed E-state index contributed by atoms with van der Waals surface area (Å²) in [6.07, 6.45) is 3.13. The Morgan fingerprint density at radius 2 is 2.33 bits per heavy atom. The maximum absolute atomic E-state index is 5.60. The highest BCUT2D eigenvalue weighted by Crippen LogP contribution is 2.30. The molecule has 18 heavy (non-hydrogen) atoms. The van der Waals surface area contributed by atoms with Crippen molar-refractivity contribution in [3.05, 3.63) is 22.4 Å². The predicted molar refractivity (Wildman–Crippen MR) is 74.9 cm³/mol. The lowest BCUT2D eigenvalue weighted by atomic mass is 9.85. The van der Waals surface area contributed by atoms with Crippen LogP contribution >= 0.6 is 15.9 Å². The van der Waals surface area contributed by atoms with Gasteiger partial charge < -0.3 is 14.8 Å². The van der Waals surface area contributed by atoms with Gasteiger partial charge in [0.05, 0.1) is 24.0 Å². The summed E-state index contributed by atoms with van der Waals surface area (Å²) in [7, 11) is 1.73. The second-order valence-corrected chi connectivity index (χ2v) is 5.26. The van der Waals surface area contributed by atoms with Gasteiger partial charge in [0, 0.05) is 13.7 Å². The smallest absolute Gasteiger partial charge is 0.109 e. The summed E-state index contributed by atoms with van der Waals surface area (Å²) in [4.78, 5) is 4.28. The van der Waals surface area contributed by atoms with Crippen LogP contribution in [0, 0.1) is 6.92 Å². The minimum Gasteiger partial charge on any atom is -0.378 e. The van der Waals surface area contributed by atoms with Gasteiger partial charge in [0.1, 0.15) is 10.7 Å². The zero-order chi connectivity index (χ0) is 13.1. The molecule has 1 aliphatic rings. The summed E-state index contributed by atoms with van der Waals surface area (Å²) < 4.78 is 12.0. The molecule has 1 N–H and O–H groups in total. The van der Waals surface area contributed by atoms with Crippen LogP contribution in [0.3, 0.4) is 0 Å². The first kappa shape index (κ1) is 13.8. The number of methoxy groups -OCH3 is 1. The molecule has 0 aliphatic heterocycles. The van der Waals surface area contributed by atoms with Gasteiger partial charge in [-0.25, -0.2) is 4.98 Å². The van der Waals surface area contributed by atoms with Crippen molar-refractivity contribution in [3.63, 3.8) is 0 Å². The maximum Gasteiger partial charge on any atom is 0.109 e. The second-order valence-electron chi connectivity index (χ2n) is 4.51. The van der Waals surface area contributed by atoms with Gasteiger partial charge in [0.25, 0.3) is 0 Å². The van der Waals surface area contributed by atoms with Crippen LogP contribution in [0.4, 0.5) is 5.69 Å². The van der Waals surface area contributed by atoms with Gasteiger partial charge in [-0.2, -0.15) is 0 Å². The topological polar surface area (TPSA) is 43.4 Å². The molecule has 5 heteroatoms. The van der Waals surface area contributed by atoms with Crippen LogP contribution in [0.5, 0.6) is 0 Å². The number of nitrogens with one attached hydrogen (secondary N) is 1. The number of aryl methyl sites for hydroxylation is 1. The third-order valence-corrected chi connectivity index (χ3v) is 4.10. The van der Waals surface area contributed by atoms with E-state index in [1.54, 1.807) is 7.11 Å². The fraction of sp³-hybridized carbons (Fsp3) is 0.615. The fourth-order valence-corrected chi connectivity index (χ4v) is 2.48. The van der Waals surface area contributed by atoms with Crippen molar-refractivity contribution in [2.45, 2.75) is 38.5 Å². The van der Waals surface area contributed by atoms with Crippen LogP contribution in [0.1, 0.15) is 18.9 Å². The monoisotopic (exact) mass is 314 g/mol. The highest BCUT2D eigenvalue weighted by molar-refractivity contribution is 9.10. The third kappa shape index (κ3) is 2.84. The highest BCUT2D eigenvalue weighted by atomic mass is 79.9. The SMILES string of the molecule is CCOC1CC(Nc2cnc(Br)c(C)c2)C1OC. The quantitative estimate of drug-likeness (QED) is 0.849. The number of pyridine rings is 1. The van der Waals surface area contributed by atoms with Gasteiger partial charge in [0.2, 0.25) is 0 Å². The minimum absolute atomic E-state index is 0.119. The molecule has 0 saturated heterocycles. The number of aromatic nitrogens is 1. The fourth-order valence-electron chi connectivity index (χ4n) is 2.27. The van der Waals surface area contributed by atoms with Gasteiger partial charge in [-0.05, 0) is 47.8 Å². The Labute approximate surface area is 116 Å². The van der Waals surface area contributed by atoms with Crippen molar-refractivity contribution in [3.8, 4) is 0 Å². The lowest BCUT2D eigenvalue weighted by molar-refractivity contribution is -0.118. The minimum atomic E-state index is 0.119. The molecule has 1 aromatic rings. The first-order chi connectivity index (χ1) is 8.65. The molecule has 3 unspecified atom stereocenters. The van der Waals surface area contributed by atoms with Crippen LogP contribution in [-0.2, 0) is 9.47 Å². The lowest BCUT2D eigenvalue weighted by Gasteiger charge is -2.43. The molecule has 1 saturated carbocycles. The number of halogens is 1. The molecule has 3 atom stereocenters. The molecule has 0 aromatic carbocycles. The molecule has 4 nitrogen and oxygen atoms in total. The van der Waals surface area contributed by atoms with E-state index < -0.39 is 0 Å². The normalized spacial score (nSPS) is 26.8. The molecule has 0 amide bonds. The van der Waals surface area contributed by atoms with E-state index in [0.29, 0.717) is 6.04 Å². The Morgan fingerprint density at radius 1 is 1.56 bits per heavy atom. The standard InChI is InChI=1S/C13H19BrN2O2/c1-4-18-11-6-10(12(11)17-3)16-9-5-8(2)13(14)15-7-9/h5,7,10-12,16H,4,6H2,1-3H3. The summed E-state index contributed by atoms with van der Waals surface area (Å²) in [5, 5.41) is 3.45. The van der Waals surface area contributed by atoms with Crippen molar-refractivity contribution in [2.24, 2.45) is 0 Å². The van der Waals surface area contributed by atoms with Crippen molar-refractivity contribution in [1.82, 2.24) is 4.98 Å². The molecule has 1 fully saturated rings. The summed E-state index contributed by atoms with van der Waals surface area (Å²) in [6.45, 7) is 4.77. The van der Waals surface area contributed by atoms with Crippen LogP contribution in [0.2, 0.25) is 0 Å². The molecule has 100 valence electrons. The van der Waals surface area contributed by atoms with Gasteiger partial charge in [-0.1, -0.05) is 0 Å². The molecule has 1 aromatic heterocycles. The van der Waals surface area contributed by atoms with Gasteiger partial charge in [-0.3, -0.25) is 0 Å². The average Bonchev–Trinajstić information content (AvgIpc) is 2.32. The summed E-state index contributed by atoms with van der Waals surface area (Å²) in [5.41, 5.74) is 2.15. The second kappa shape index (κ2) is 5.99. The number of rotatable bonds is 5. The molecule has 0 radical (unpaired) electrons. The summed E-state index contributed by atoms with van der Waals surface area (Å²) in [6, 6.07) is 2.38. The van der Waals surface area contributed by atoms with Crippen LogP contribution < -0.4 is 5.32 Å². The Hall–Kier alpha value is -0.650. The average molecular weight is 315 g/mol. The van der Waals surface area contributed by atoms with Crippen molar-refractivity contribution in [2.75, 3.05) is 19.0 Å². The van der Waals surface area contributed by atoms with E-state index in [4.69, 9.17) is 9.47 Å². The highest BCUT2D eigenvalue weighted by Gasteiger charge is 2.42. The third-order valence-electron chi connectivity index (χ3n) is 3.27. The van der Waals surface area contributed by atoms with E-state index in [0.717, 1.165) is 28.9 Å². The van der Waals surface area contributed by atoms with E-state index in [-0.39, 0.29) is 12.2 Å². The zero-order valence-corrected chi connectivity index (χ0v) is 12.5. The number of hydrogen-bond donors (Lipinski definition) is 1. The van der Waals surface area contributed by atoms with E-state index in [1.165, 1.54) is 0 Å². The first-order valence-electron chi connectivity index (χ1n) is 6.18. The zero-order valence-electron chi connectivity index (χ0n) is 10.9. The largest absolute Gasteiger partial charge is 0.378 e. The molecule has 2 rings (SSSR count). The summed E-state index contributed by atoms with van der Waals surface area (Å²) in [5.74, 6) is 0. The van der Waals surface area contributed by atoms with Crippen molar-refractivity contribution < 1.29 is 9.47 Å². The van der Waals surface area contributed by atoms with Crippen molar-refractivity contribution >= 4 is 21.6 Å². The number of nitrogens with zero attached hydrogens (tertiary/aromatic N) is 1. The molecule has 0 spiro atoms. The van der Waals surface area contributed by atoms with E-state index in [9.17, 15) is 0 Å². The maximum atomic E-state index is 5.60. The number of hydrogen-bond acceptors (Lipinski definition) is 4. The lowest BCUT2D eigenvalue weighted by Crippen LogP contribution is -2.56. The number of ether oxygens (including phenoxy) is 2. The van der Waals surface area contributed by atoms with Gasteiger partial charge in [-0.15, -0.1) is 0 Å². The van der Waals surface area contributed by atoms with Gasteiger partial charge in [0.15, 0.2) is 0 Å². The molecular weight excluding hydrogens is 296 g/mol. The molecule has 0 bridgehead atoms. The molecule has 1 heterocycles. The van der Waals surface area contributed by atoms with E-state index >= 15 is 0 Å². The predicted octanol–water partition coefficient (Wildman–Crippen LogP) is 2.76. The number of anilines is 1.